The van der Waals surface area contributed by atoms with E-state index in [0.29, 0.717) is 0 Å². The molecule has 1 aliphatic rings. The summed E-state index contributed by atoms with van der Waals surface area (Å²) >= 11 is 0. The Labute approximate surface area is 91.0 Å². The van der Waals surface area contributed by atoms with Gasteiger partial charge < -0.3 is 9.47 Å². The minimum absolute atomic E-state index is 2.03. The summed E-state index contributed by atoms with van der Waals surface area (Å²) < 4.78 is 102. The molecule has 1 rings (SSSR count). The molecule has 0 radical (unpaired) electrons. The molecule has 1 saturated heterocycles. The SMILES string of the molecule is O=S(=O)(F)CC1(F)OC(=C(F)F)OC1(F)CF. The first-order valence-corrected chi connectivity index (χ1v) is 5.38. The number of halogens is 6. The molecule has 0 amide bonds. The van der Waals surface area contributed by atoms with Crippen molar-refractivity contribution < 1.29 is 43.7 Å². The van der Waals surface area contributed by atoms with Crippen molar-refractivity contribution in [2.24, 2.45) is 0 Å². The van der Waals surface area contributed by atoms with E-state index in [1.165, 1.54) is 0 Å². The van der Waals surface area contributed by atoms with Gasteiger partial charge in [-0.1, -0.05) is 0 Å². The van der Waals surface area contributed by atoms with E-state index in [4.69, 9.17) is 0 Å². The van der Waals surface area contributed by atoms with Gasteiger partial charge in [-0.3, -0.25) is 0 Å². The molecule has 4 nitrogen and oxygen atoms in total. The molecular formula is C6H4F6O4S. The first-order valence-electron chi connectivity index (χ1n) is 3.82. The molecule has 1 heterocycles. The van der Waals surface area contributed by atoms with Crippen LogP contribution in [0.15, 0.2) is 12.0 Å². The number of alkyl halides is 3. The summed E-state index contributed by atoms with van der Waals surface area (Å²) in [7, 11) is -5.65. The van der Waals surface area contributed by atoms with Gasteiger partial charge in [-0.25, -0.2) is 4.39 Å². The van der Waals surface area contributed by atoms with Gasteiger partial charge in [0.25, 0.3) is 0 Å². The van der Waals surface area contributed by atoms with Crippen LogP contribution in [0, 0.1) is 0 Å². The fourth-order valence-corrected chi connectivity index (χ4v) is 1.75. The van der Waals surface area contributed by atoms with Crippen LogP contribution in [0.3, 0.4) is 0 Å². The summed E-state index contributed by atoms with van der Waals surface area (Å²) in [5, 5.41) is 0. The monoisotopic (exact) mass is 286 g/mol. The fourth-order valence-electron chi connectivity index (χ4n) is 1.03. The number of hydrogen-bond donors (Lipinski definition) is 0. The van der Waals surface area contributed by atoms with Crippen molar-refractivity contribution in [3.63, 3.8) is 0 Å². The highest BCUT2D eigenvalue weighted by Gasteiger charge is 2.68. The van der Waals surface area contributed by atoms with Crippen LogP contribution < -0.4 is 0 Å². The quantitative estimate of drug-likeness (QED) is 0.585. The van der Waals surface area contributed by atoms with Gasteiger partial charge >= 0.3 is 34.0 Å². The van der Waals surface area contributed by atoms with E-state index in [-0.39, 0.29) is 0 Å². The summed E-state index contributed by atoms with van der Waals surface area (Å²) in [6.45, 7) is -2.35. The molecule has 0 saturated carbocycles. The second kappa shape index (κ2) is 3.96. The first kappa shape index (κ1) is 13.9. The lowest BCUT2D eigenvalue weighted by Gasteiger charge is -2.24. The maximum atomic E-state index is 13.5. The maximum absolute atomic E-state index is 13.5. The van der Waals surface area contributed by atoms with E-state index in [0.717, 1.165) is 0 Å². The van der Waals surface area contributed by atoms with Crippen molar-refractivity contribution in [1.82, 2.24) is 0 Å². The Bertz CT molecular complexity index is 445. The lowest BCUT2D eigenvalue weighted by molar-refractivity contribution is -0.208. The van der Waals surface area contributed by atoms with Crippen LogP contribution in [-0.4, -0.2) is 32.6 Å². The molecule has 11 heteroatoms. The molecule has 2 unspecified atom stereocenters. The molecule has 2 atom stereocenters. The van der Waals surface area contributed by atoms with E-state index >= 15 is 0 Å². The third kappa shape index (κ3) is 2.58. The zero-order valence-electron chi connectivity index (χ0n) is 7.72. The second-order valence-corrected chi connectivity index (χ2v) is 4.39. The Morgan fingerprint density at radius 2 is 1.65 bits per heavy atom. The Hall–Kier alpha value is -1.13. The van der Waals surface area contributed by atoms with Crippen molar-refractivity contribution >= 4 is 10.2 Å². The molecule has 1 aliphatic heterocycles. The third-order valence-corrected chi connectivity index (χ3v) is 2.47. The summed E-state index contributed by atoms with van der Waals surface area (Å²) in [6, 6.07) is 0. The first-order chi connectivity index (χ1) is 7.53. The van der Waals surface area contributed by atoms with Gasteiger partial charge in [0, 0.05) is 0 Å². The fraction of sp³-hybridized carbons (Fsp3) is 0.667. The van der Waals surface area contributed by atoms with Gasteiger partial charge in [0.15, 0.2) is 12.4 Å². The summed E-state index contributed by atoms with van der Waals surface area (Å²) in [6.07, 6.45) is -2.85. The van der Waals surface area contributed by atoms with E-state index in [2.05, 4.69) is 9.47 Å². The third-order valence-electron chi connectivity index (χ3n) is 1.75. The molecule has 0 aromatic carbocycles. The second-order valence-electron chi connectivity index (χ2n) is 3.03. The van der Waals surface area contributed by atoms with E-state index in [1.807, 2.05) is 0 Å². The number of rotatable bonds is 3. The maximum Gasteiger partial charge on any atom is 0.353 e. The Morgan fingerprint density at radius 1 is 1.18 bits per heavy atom. The van der Waals surface area contributed by atoms with Crippen LogP contribution in [-0.2, 0) is 19.7 Å². The molecule has 17 heavy (non-hydrogen) atoms. The van der Waals surface area contributed by atoms with Crippen LogP contribution in [0.5, 0.6) is 0 Å². The van der Waals surface area contributed by atoms with Crippen molar-refractivity contribution in [3.05, 3.63) is 12.0 Å². The van der Waals surface area contributed by atoms with Crippen molar-refractivity contribution in [2.75, 3.05) is 12.4 Å². The molecule has 0 aromatic rings. The van der Waals surface area contributed by atoms with Gasteiger partial charge in [-0.15, -0.1) is 3.89 Å². The van der Waals surface area contributed by atoms with Crippen molar-refractivity contribution in [2.45, 2.75) is 11.7 Å². The molecular weight excluding hydrogens is 282 g/mol. The summed E-state index contributed by atoms with van der Waals surface area (Å²) in [5.74, 6) is -12.7. The van der Waals surface area contributed by atoms with E-state index in [1.54, 1.807) is 0 Å². The topological polar surface area (TPSA) is 52.6 Å². The minimum atomic E-state index is -5.65. The van der Waals surface area contributed by atoms with Crippen molar-refractivity contribution in [3.8, 4) is 0 Å². The molecule has 100 valence electrons. The highest BCUT2D eigenvalue weighted by molar-refractivity contribution is 7.86. The zero-order valence-corrected chi connectivity index (χ0v) is 8.54. The lowest BCUT2D eigenvalue weighted by atomic mass is 10.2. The highest BCUT2D eigenvalue weighted by atomic mass is 32.3. The van der Waals surface area contributed by atoms with Crippen LogP contribution in [0.4, 0.5) is 25.8 Å². The smallest absolute Gasteiger partial charge is 0.353 e. The Balaban J connectivity index is 3.17. The van der Waals surface area contributed by atoms with Crippen LogP contribution in [0.2, 0.25) is 0 Å². The zero-order chi connectivity index (χ0) is 13.5. The van der Waals surface area contributed by atoms with E-state index < -0.39 is 46.4 Å². The van der Waals surface area contributed by atoms with Gasteiger partial charge in [0.2, 0.25) is 0 Å². The standard InChI is InChI=1S/C6H4F6O4S/c7-1-5(10)6(11,2-17(12,13)14)16-4(15-5)3(8)9/h1-2H2. The number of ether oxygens (including phenoxy) is 2. The largest absolute Gasteiger partial charge is 0.416 e. The normalized spacial score (nSPS) is 33.2. The predicted octanol–water partition coefficient (Wildman–Crippen LogP) is 1.70. The van der Waals surface area contributed by atoms with E-state index in [9.17, 15) is 34.3 Å². The lowest BCUT2D eigenvalue weighted by Crippen LogP contribution is -2.50. The average molecular weight is 286 g/mol. The van der Waals surface area contributed by atoms with Gasteiger partial charge in [0.05, 0.1) is 0 Å². The summed E-state index contributed by atoms with van der Waals surface area (Å²) in [5.41, 5.74) is 0. The summed E-state index contributed by atoms with van der Waals surface area (Å²) in [4.78, 5) is 0. The molecule has 0 bridgehead atoms. The van der Waals surface area contributed by atoms with Crippen LogP contribution >= 0.6 is 0 Å². The molecule has 0 N–H and O–H groups in total. The van der Waals surface area contributed by atoms with Crippen molar-refractivity contribution in [1.29, 1.82) is 0 Å². The molecule has 0 aliphatic carbocycles. The average Bonchev–Trinajstić information content (AvgIpc) is 2.37. The van der Waals surface area contributed by atoms with Gasteiger partial charge in [-0.2, -0.15) is 26.0 Å². The minimum Gasteiger partial charge on any atom is -0.416 e. The van der Waals surface area contributed by atoms with Gasteiger partial charge in [0.1, 0.15) is 0 Å². The van der Waals surface area contributed by atoms with Gasteiger partial charge in [-0.05, 0) is 0 Å². The van der Waals surface area contributed by atoms with Crippen LogP contribution in [0.25, 0.3) is 0 Å². The Kier molecular flexibility index (Phi) is 3.25. The molecule has 1 fully saturated rings. The molecule has 0 spiro atoms. The Morgan fingerprint density at radius 3 is 2.00 bits per heavy atom. The van der Waals surface area contributed by atoms with Crippen LogP contribution in [0.1, 0.15) is 0 Å². The predicted molar refractivity (Wildman–Crippen MR) is 40.0 cm³/mol. The highest BCUT2D eigenvalue weighted by Crippen LogP contribution is 2.46. The number of hydrogen-bond acceptors (Lipinski definition) is 4. The molecule has 0 aromatic heterocycles.